The van der Waals surface area contributed by atoms with Crippen LogP contribution in [0.1, 0.15) is 41.7 Å². The summed E-state index contributed by atoms with van der Waals surface area (Å²) in [6.45, 7) is 5.78. The first kappa shape index (κ1) is 11.9. The Labute approximate surface area is 110 Å². The van der Waals surface area contributed by atoms with Crippen LogP contribution in [0.3, 0.4) is 0 Å². The van der Waals surface area contributed by atoms with Crippen molar-refractivity contribution in [2.75, 3.05) is 0 Å². The quantitative estimate of drug-likeness (QED) is 0.718. The summed E-state index contributed by atoms with van der Waals surface area (Å²) in [6.07, 6.45) is 1.41. The fourth-order valence-electron chi connectivity index (χ4n) is 2.40. The molecule has 2 aromatic rings. The molecule has 0 saturated heterocycles. The van der Waals surface area contributed by atoms with Crippen LogP contribution >= 0.6 is 0 Å². The van der Waals surface area contributed by atoms with Gasteiger partial charge in [0, 0.05) is 11.0 Å². The van der Waals surface area contributed by atoms with E-state index in [1.165, 1.54) is 6.08 Å². The molecule has 19 heavy (non-hydrogen) atoms. The second kappa shape index (κ2) is 3.67. The summed E-state index contributed by atoms with van der Waals surface area (Å²) in [7, 11) is 0. The molecule has 0 amide bonds. The minimum absolute atomic E-state index is 0.105. The lowest BCUT2D eigenvalue weighted by Gasteiger charge is -2.23. The fraction of sp³-hybridized carbons (Fsp3) is 0.250. The van der Waals surface area contributed by atoms with Crippen LogP contribution in [0.15, 0.2) is 40.3 Å². The van der Waals surface area contributed by atoms with E-state index in [1.54, 1.807) is 6.07 Å². The molecule has 1 aliphatic carbocycles. The SMILES string of the molecule is CC(C)(C)C1=CC(=O)c2oc3ccccc3c2C1=O. The van der Waals surface area contributed by atoms with Crippen LogP contribution in [0.25, 0.3) is 11.0 Å². The lowest BCUT2D eigenvalue weighted by atomic mass is 9.78. The molecule has 0 spiro atoms. The molecular formula is C16H14O3. The number of carbonyl (C=O) groups excluding carboxylic acids is 2. The predicted molar refractivity (Wildman–Crippen MR) is 72.4 cm³/mol. The van der Waals surface area contributed by atoms with E-state index in [2.05, 4.69) is 0 Å². The fourth-order valence-corrected chi connectivity index (χ4v) is 2.40. The normalized spacial score (nSPS) is 15.6. The third kappa shape index (κ3) is 1.65. The van der Waals surface area contributed by atoms with Crippen molar-refractivity contribution in [3.05, 3.63) is 47.2 Å². The Balaban J connectivity index is 2.31. The molecule has 1 aliphatic rings. The van der Waals surface area contributed by atoms with Gasteiger partial charge in [-0.1, -0.05) is 39.0 Å². The highest BCUT2D eigenvalue weighted by atomic mass is 16.3. The summed E-state index contributed by atoms with van der Waals surface area (Å²) < 4.78 is 5.52. The lowest BCUT2D eigenvalue weighted by molar-refractivity contribution is 0.0953. The molecule has 1 heterocycles. The second-order valence-corrected chi connectivity index (χ2v) is 5.80. The second-order valence-electron chi connectivity index (χ2n) is 5.80. The summed E-state index contributed by atoms with van der Waals surface area (Å²) in [5.41, 5.74) is 1.17. The van der Waals surface area contributed by atoms with Gasteiger partial charge in [-0.05, 0) is 17.6 Å². The number of fused-ring (bicyclic) bond motifs is 3. The highest BCUT2D eigenvalue weighted by Crippen LogP contribution is 2.37. The van der Waals surface area contributed by atoms with E-state index in [0.29, 0.717) is 22.1 Å². The maximum Gasteiger partial charge on any atom is 0.222 e. The lowest BCUT2D eigenvalue weighted by Crippen LogP contribution is -2.24. The largest absolute Gasteiger partial charge is 0.452 e. The number of hydrogen-bond acceptors (Lipinski definition) is 3. The number of para-hydroxylation sites is 1. The number of allylic oxidation sites excluding steroid dienone is 2. The Morgan fingerprint density at radius 3 is 2.42 bits per heavy atom. The van der Waals surface area contributed by atoms with Crippen molar-refractivity contribution in [3.63, 3.8) is 0 Å². The van der Waals surface area contributed by atoms with E-state index in [9.17, 15) is 9.59 Å². The zero-order valence-corrected chi connectivity index (χ0v) is 11.1. The average Bonchev–Trinajstić information content (AvgIpc) is 2.72. The van der Waals surface area contributed by atoms with Crippen LogP contribution in [0.5, 0.6) is 0 Å². The third-order valence-electron chi connectivity index (χ3n) is 3.37. The van der Waals surface area contributed by atoms with E-state index in [4.69, 9.17) is 4.42 Å². The maximum atomic E-state index is 12.6. The summed E-state index contributed by atoms with van der Waals surface area (Å²) >= 11 is 0. The number of Topliss-reactive ketones (excluding diaryl/α,β-unsaturated/α-hetero) is 1. The molecule has 0 radical (unpaired) electrons. The topological polar surface area (TPSA) is 47.3 Å². The molecule has 0 fully saturated rings. The molecule has 0 bridgehead atoms. The van der Waals surface area contributed by atoms with Gasteiger partial charge in [-0.3, -0.25) is 9.59 Å². The van der Waals surface area contributed by atoms with Crippen LogP contribution in [0.4, 0.5) is 0 Å². The van der Waals surface area contributed by atoms with Crippen molar-refractivity contribution in [2.24, 2.45) is 5.41 Å². The number of hydrogen-bond donors (Lipinski definition) is 0. The summed E-state index contributed by atoms with van der Waals surface area (Å²) in [5.74, 6) is -0.165. The van der Waals surface area contributed by atoms with Crippen molar-refractivity contribution in [1.82, 2.24) is 0 Å². The van der Waals surface area contributed by atoms with Gasteiger partial charge in [0.1, 0.15) is 5.58 Å². The van der Waals surface area contributed by atoms with Crippen molar-refractivity contribution >= 4 is 22.5 Å². The van der Waals surface area contributed by atoms with Crippen LogP contribution < -0.4 is 0 Å². The van der Waals surface area contributed by atoms with E-state index in [-0.39, 0.29) is 22.7 Å². The Hall–Kier alpha value is -2.16. The van der Waals surface area contributed by atoms with E-state index >= 15 is 0 Å². The number of benzene rings is 1. The van der Waals surface area contributed by atoms with Gasteiger partial charge in [0.25, 0.3) is 0 Å². The van der Waals surface area contributed by atoms with E-state index in [0.717, 1.165) is 0 Å². The first-order valence-corrected chi connectivity index (χ1v) is 6.22. The summed E-state index contributed by atoms with van der Waals surface area (Å²) in [4.78, 5) is 24.7. The highest BCUT2D eigenvalue weighted by molar-refractivity contribution is 6.28. The summed E-state index contributed by atoms with van der Waals surface area (Å²) in [6, 6.07) is 7.24. The van der Waals surface area contributed by atoms with Crippen LogP contribution in [-0.2, 0) is 0 Å². The van der Waals surface area contributed by atoms with Crippen LogP contribution in [0.2, 0.25) is 0 Å². The Kier molecular flexibility index (Phi) is 2.30. The van der Waals surface area contributed by atoms with Crippen molar-refractivity contribution < 1.29 is 14.0 Å². The minimum Gasteiger partial charge on any atom is -0.452 e. The zero-order chi connectivity index (χ0) is 13.8. The van der Waals surface area contributed by atoms with Gasteiger partial charge >= 0.3 is 0 Å². The molecule has 1 aromatic heterocycles. The van der Waals surface area contributed by atoms with Gasteiger partial charge in [0.2, 0.25) is 5.78 Å². The molecule has 0 atom stereocenters. The van der Waals surface area contributed by atoms with E-state index < -0.39 is 0 Å². The van der Waals surface area contributed by atoms with Gasteiger partial charge in [0.15, 0.2) is 11.5 Å². The molecule has 3 rings (SSSR count). The molecule has 96 valence electrons. The van der Waals surface area contributed by atoms with Gasteiger partial charge in [-0.15, -0.1) is 0 Å². The first-order chi connectivity index (χ1) is 8.89. The van der Waals surface area contributed by atoms with Crippen LogP contribution in [0, 0.1) is 5.41 Å². The van der Waals surface area contributed by atoms with Crippen molar-refractivity contribution in [2.45, 2.75) is 20.8 Å². The Morgan fingerprint density at radius 1 is 1.05 bits per heavy atom. The van der Waals surface area contributed by atoms with Gasteiger partial charge in [-0.2, -0.15) is 0 Å². The van der Waals surface area contributed by atoms with Crippen molar-refractivity contribution in [3.8, 4) is 0 Å². The molecule has 0 N–H and O–H groups in total. The molecule has 0 aliphatic heterocycles. The molecular weight excluding hydrogens is 240 g/mol. The molecule has 0 unspecified atom stereocenters. The number of rotatable bonds is 0. The molecule has 3 heteroatoms. The van der Waals surface area contributed by atoms with Gasteiger partial charge in [0.05, 0.1) is 5.56 Å². The standard InChI is InChI=1S/C16H14O3/c1-16(2,3)10-8-11(17)15-13(14(10)18)9-6-4-5-7-12(9)19-15/h4-8H,1-3H3. The number of carbonyl (C=O) groups is 2. The predicted octanol–water partition coefficient (Wildman–Crippen LogP) is 3.78. The first-order valence-electron chi connectivity index (χ1n) is 6.22. The molecule has 0 saturated carbocycles. The van der Waals surface area contributed by atoms with Crippen LogP contribution in [-0.4, -0.2) is 11.6 Å². The number of ketones is 2. The summed E-state index contributed by atoms with van der Waals surface area (Å²) in [5, 5.41) is 0.714. The van der Waals surface area contributed by atoms with Crippen molar-refractivity contribution in [1.29, 1.82) is 0 Å². The maximum absolute atomic E-state index is 12.6. The monoisotopic (exact) mass is 254 g/mol. The zero-order valence-electron chi connectivity index (χ0n) is 11.1. The minimum atomic E-state index is -0.358. The van der Waals surface area contributed by atoms with Gasteiger partial charge in [-0.25, -0.2) is 0 Å². The Morgan fingerprint density at radius 2 is 1.74 bits per heavy atom. The average molecular weight is 254 g/mol. The highest BCUT2D eigenvalue weighted by Gasteiger charge is 2.36. The smallest absolute Gasteiger partial charge is 0.222 e. The Bertz CT molecular complexity index is 739. The number of furan rings is 1. The molecule has 1 aromatic carbocycles. The third-order valence-corrected chi connectivity index (χ3v) is 3.37. The van der Waals surface area contributed by atoms with Gasteiger partial charge < -0.3 is 4.42 Å². The molecule has 3 nitrogen and oxygen atoms in total. The van der Waals surface area contributed by atoms with E-state index in [1.807, 2.05) is 39.0 Å².